The number of benzene rings is 2. The molecule has 2 aromatic carbocycles. The Balaban J connectivity index is 2.40. The van der Waals surface area contributed by atoms with Gasteiger partial charge < -0.3 is 10.2 Å². The Morgan fingerprint density at radius 1 is 1.06 bits per heavy atom. The summed E-state index contributed by atoms with van der Waals surface area (Å²) in [4.78, 5) is 27.6. The third kappa shape index (κ3) is 7.86. The number of hydrogen-bond acceptors (Lipinski definition) is 4. The zero-order valence-electron chi connectivity index (χ0n) is 19.4. The maximum atomic E-state index is 13.5. The highest BCUT2D eigenvalue weighted by atomic mass is 79.9. The first-order valence-corrected chi connectivity index (χ1v) is 13.9. The number of rotatable bonds is 10. The van der Waals surface area contributed by atoms with Crippen LogP contribution in [0.25, 0.3) is 0 Å². The van der Waals surface area contributed by atoms with Crippen LogP contribution in [0.4, 0.5) is 5.69 Å². The Kier molecular flexibility index (Phi) is 10.2. The average Bonchev–Trinajstić information content (AvgIpc) is 2.75. The molecule has 2 amide bonds. The highest BCUT2D eigenvalue weighted by Crippen LogP contribution is 2.28. The van der Waals surface area contributed by atoms with Crippen molar-refractivity contribution in [2.75, 3.05) is 23.7 Å². The van der Waals surface area contributed by atoms with E-state index in [0.29, 0.717) is 32.3 Å². The van der Waals surface area contributed by atoms with Gasteiger partial charge in [-0.05, 0) is 58.6 Å². The number of amides is 2. The van der Waals surface area contributed by atoms with Crippen LogP contribution in [-0.2, 0) is 26.2 Å². The van der Waals surface area contributed by atoms with E-state index in [1.165, 1.54) is 4.90 Å². The molecule has 7 nitrogen and oxygen atoms in total. The number of anilines is 1. The lowest BCUT2D eigenvalue weighted by Crippen LogP contribution is -2.51. The molecule has 0 unspecified atom stereocenters. The van der Waals surface area contributed by atoms with E-state index >= 15 is 0 Å². The molecular weight excluding hydrogens is 565 g/mol. The minimum atomic E-state index is -3.80. The van der Waals surface area contributed by atoms with E-state index in [2.05, 4.69) is 21.2 Å². The van der Waals surface area contributed by atoms with E-state index in [-0.39, 0.29) is 18.4 Å². The van der Waals surface area contributed by atoms with E-state index in [9.17, 15) is 18.0 Å². The van der Waals surface area contributed by atoms with E-state index in [1.807, 2.05) is 13.8 Å². The maximum absolute atomic E-state index is 13.5. The van der Waals surface area contributed by atoms with Gasteiger partial charge in [0.25, 0.3) is 0 Å². The summed E-state index contributed by atoms with van der Waals surface area (Å²) >= 11 is 15.5. The molecule has 0 bridgehead atoms. The van der Waals surface area contributed by atoms with Crippen LogP contribution in [0.3, 0.4) is 0 Å². The highest BCUT2D eigenvalue weighted by molar-refractivity contribution is 9.10. The smallest absolute Gasteiger partial charge is 0.244 e. The molecule has 0 heterocycles. The van der Waals surface area contributed by atoms with Crippen LogP contribution in [0.15, 0.2) is 46.9 Å². The minimum Gasteiger partial charge on any atom is -0.354 e. The lowest BCUT2D eigenvalue weighted by Gasteiger charge is -2.32. The monoisotopic (exact) mass is 591 g/mol. The molecule has 2 aromatic rings. The second kappa shape index (κ2) is 12.2. The summed E-state index contributed by atoms with van der Waals surface area (Å²) in [6.45, 7) is 5.54. The second-order valence-electron chi connectivity index (χ2n) is 8.31. The number of nitrogens with one attached hydrogen (secondary N) is 1. The van der Waals surface area contributed by atoms with Gasteiger partial charge in [0.05, 0.1) is 22.0 Å². The number of para-hydroxylation sites is 1. The molecule has 0 aromatic heterocycles. The summed E-state index contributed by atoms with van der Waals surface area (Å²) in [5, 5.41) is 3.51. The first-order chi connectivity index (χ1) is 15.8. The molecule has 0 fully saturated rings. The normalized spacial score (nSPS) is 12.4. The molecule has 0 radical (unpaired) electrons. The van der Waals surface area contributed by atoms with Gasteiger partial charge in [-0.15, -0.1) is 0 Å². The molecule has 0 aliphatic heterocycles. The van der Waals surface area contributed by atoms with Crippen molar-refractivity contribution in [3.8, 4) is 0 Å². The summed E-state index contributed by atoms with van der Waals surface area (Å²) in [5.74, 6) is -0.653. The number of carbonyl (C=O) groups excluding carboxylic acids is 2. The lowest BCUT2D eigenvalue weighted by atomic mass is 10.1. The zero-order chi connectivity index (χ0) is 25.6. The molecule has 1 N–H and O–H groups in total. The van der Waals surface area contributed by atoms with Crippen LogP contribution in [0.1, 0.15) is 26.3 Å². The number of nitrogens with zero attached hydrogens (tertiary/aromatic N) is 2. The van der Waals surface area contributed by atoms with Crippen molar-refractivity contribution in [3.63, 3.8) is 0 Å². The summed E-state index contributed by atoms with van der Waals surface area (Å²) in [5.41, 5.74) is 0.975. The Bertz CT molecular complexity index is 1140. The fourth-order valence-corrected chi connectivity index (χ4v) is 4.92. The van der Waals surface area contributed by atoms with Crippen molar-refractivity contribution in [3.05, 3.63) is 62.5 Å². The van der Waals surface area contributed by atoms with E-state index in [4.69, 9.17) is 23.2 Å². The van der Waals surface area contributed by atoms with Gasteiger partial charge in [0.1, 0.15) is 12.6 Å². The van der Waals surface area contributed by atoms with Crippen LogP contribution in [-0.4, -0.2) is 50.5 Å². The summed E-state index contributed by atoms with van der Waals surface area (Å²) in [6.07, 6.45) is 1.03. The van der Waals surface area contributed by atoms with Gasteiger partial charge in [-0.3, -0.25) is 13.9 Å². The first kappa shape index (κ1) is 28.4. The predicted octanol–water partition coefficient (Wildman–Crippen LogP) is 4.71. The molecule has 11 heteroatoms. The highest BCUT2D eigenvalue weighted by Gasteiger charge is 2.30. The molecule has 0 saturated carbocycles. The summed E-state index contributed by atoms with van der Waals surface area (Å²) in [7, 11) is -3.80. The first-order valence-electron chi connectivity index (χ1n) is 10.5. The van der Waals surface area contributed by atoms with Gasteiger partial charge in [-0.1, -0.05) is 55.2 Å². The van der Waals surface area contributed by atoms with E-state index < -0.39 is 28.5 Å². The fourth-order valence-electron chi connectivity index (χ4n) is 3.12. The van der Waals surface area contributed by atoms with E-state index in [0.717, 1.165) is 10.6 Å². The molecule has 0 aliphatic rings. The standard InChI is InChI=1S/C23H28BrCl2N3O4S/c1-15(2)12-27-23(31)16(3)28(13-17-9-10-19(25)20(26)11-17)22(30)14-29(34(4,32)33)21-8-6-5-7-18(21)24/h5-11,15-16H,12-14H2,1-4H3,(H,27,31)/t16-/m1/s1. The van der Waals surface area contributed by atoms with Crippen molar-refractivity contribution < 1.29 is 18.0 Å². The van der Waals surface area contributed by atoms with Crippen molar-refractivity contribution >= 4 is 66.7 Å². The quantitative estimate of drug-likeness (QED) is 0.433. The van der Waals surface area contributed by atoms with Gasteiger partial charge in [0, 0.05) is 17.6 Å². The van der Waals surface area contributed by atoms with E-state index in [1.54, 1.807) is 49.4 Å². The Hall–Kier alpha value is -1.81. The summed E-state index contributed by atoms with van der Waals surface area (Å²) < 4.78 is 26.7. The topological polar surface area (TPSA) is 86.8 Å². The zero-order valence-corrected chi connectivity index (χ0v) is 23.3. The number of sulfonamides is 1. The van der Waals surface area contributed by atoms with Crippen LogP contribution in [0.5, 0.6) is 0 Å². The number of carbonyl (C=O) groups is 2. The SMILES string of the molecule is CC(C)CNC(=O)[C@@H](C)N(Cc1ccc(Cl)c(Cl)c1)C(=O)CN(c1ccccc1Br)S(C)(=O)=O. The van der Waals surface area contributed by atoms with Crippen molar-refractivity contribution in [1.29, 1.82) is 0 Å². The van der Waals surface area contributed by atoms with Crippen molar-refractivity contribution in [1.82, 2.24) is 10.2 Å². The third-order valence-corrected chi connectivity index (χ3v) is 7.53. The summed E-state index contributed by atoms with van der Waals surface area (Å²) in [6, 6.07) is 10.8. The Labute approximate surface area is 219 Å². The maximum Gasteiger partial charge on any atom is 0.244 e. The van der Waals surface area contributed by atoms with Crippen LogP contribution >= 0.6 is 39.1 Å². The van der Waals surface area contributed by atoms with Crippen molar-refractivity contribution in [2.45, 2.75) is 33.4 Å². The van der Waals surface area contributed by atoms with Gasteiger partial charge in [-0.25, -0.2) is 8.42 Å². The largest absolute Gasteiger partial charge is 0.354 e. The molecule has 1 atom stereocenters. The second-order valence-corrected chi connectivity index (χ2v) is 11.9. The molecule has 0 spiro atoms. The third-order valence-electron chi connectivity index (χ3n) is 4.99. The van der Waals surface area contributed by atoms with Gasteiger partial charge in [0.15, 0.2) is 0 Å². The molecular formula is C23H28BrCl2N3O4S. The predicted molar refractivity (Wildman–Crippen MR) is 141 cm³/mol. The Morgan fingerprint density at radius 3 is 2.26 bits per heavy atom. The molecule has 0 saturated heterocycles. The van der Waals surface area contributed by atoms with Gasteiger partial charge >= 0.3 is 0 Å². The number of halogens is 3. The van der Waals surface area contributed by atoms with Gasteiger partial charge in [0.2, 0.25) is 21.8 Å². The molecule has 0 aliphatic carbocycles. The Morgan fingerprint density at radius 2 is 1.71 bits per heavy atom. The fraction of sp³-hybridized carbons (Fsp3) is 0.391. The van der Waals surface area contributed by atoms with Crippen molar-refractivity contribution in [2.24, 2.45) is 5.92 Å². The molecule has 34 heavy (non-hydrogen) atoms. The van der Waals surface area contributed by atoms with Crippen LogP contribution in [0, 0.1) is 5.92 Å². The molecule has 186 valence electrons. The number of hydrogen-bond donors (Lipinski definition) is 1. The van der Waals surface area contributed by atoms with Gasteiger partial charge in [-0.2, -0.15) is 0 Å². The lowest BCUT2D eigenvalue weighted by molar-refractivity contribution is -0.139. The van der Waals surface area contributed by atoms with Crippen LogP contribution in [0.2, 0.25) is 10.0 Å². The average molecular weight is 593 g/mol. The molecule has 2 rings (SSSR count). The van der Waals surface area contributed by atoms with Crippen LogP contribution < -0.4 is 9.62 Å². The minimum absolute atomic E-state index is 0.0412.